The van der Waals surface area contributed by atoms with Gasteiger partial charge in [-0.3, -0.25) is 9.59 Å². The summed E-state index contributed by atoms with van der Waals surface area (Å²) in [6.07, 6.45) is 2.64. The highest BCUT2D eigenvalue weighted by Crippen LogP contribution is 2.08. The molecular formula is C14H22N4O3. The van der Waals surface area contributed by atoms with E-state index in [4.69, 9.17) is 4.52 Å². The molecular weight excluding hydrogens is 272 g/mol. The smallest absolute Gasteiger partial charge is 0.226 e. The van der Waals surface area contributed by atoms with Gasteiger partial charge in [0.25, 0.3) is 0 Å². The minimum atomic E-state index is 0.0797. The second kappa shape index (κ2) is 7.19. The molecule has 1 aliphatic rings. The summed E-state index contributed by atoms with van der Waals surface area (Å²) in [6, 6.07) is 0. The zero-order valence-corrected chi connectivity index (χ0v) is 12.7. The predicted molar refractivity (Wildman–Crippen MR) is 75.4 cm³/mol. The second-order valence-corrected chi connectivity index (χ2v) is 5.33. The summed E-state index contributed by atoms with van der Waals surface area (Å²) in [5, 5.41) is 3.72. The molecule has 0 saturated carbocycles. The Morgan fingerprint density at radius 2 is 1.90 bits per heavy atom. The Bertz CT molecular complexity index is 500. The first kappa shape index (κ1) is 15.5. The summed E-state index contributed by atoms with van der Waals surface area (Å²) in [5.74, 6) is 1.42. The highest BCUT2D eigenvalue weighted by molar-refractivity contribution is 5.76. The van der Waals surface area contributed by atoms with Crippen LogP contribution in [0.3, 0.4) is 0 Å². The lowest BCUT2D eigenvalue weighted by Crippen LogP contribution is -2.36. The largest absolute Gasteiger partial charge is 0.341 e. The fourth-order valence-electron chi connectivity index (χ4n) is 2.47. The molecule has 0 unspecified atom stereocenters. The maximum atomic E-state index is 12.2. The zero-order valence-electron chi connectivity index (χ0n) is 12.7. The topological polar surface area (TPSA) is 79.5 Å². The van der Waals surface area contributed by atoms with Crippen LogP contribution in [-0.2, 0) is 16.0 Å². The van der Waals surface area contributed by atoms with Crippen molar-refractivity contribution in [2.45, 2.75) is 39.5 Å². The maximum Gasteiger partial charge on any atom is 0.226 e. The van der Waals surface area contributed by atoms with E-state index < -0.39 is 0 Å². The van der Waals surface area contributed by atoms with Gasteiger partial charge in [0, 0.05) is 45.9 Å². The highest BCUT2D eigenvalue weighted by atomic mass is 16.5. The molecule has 2 amide bonds. The maximum absolute atomic E-state index is 12.2. The molecule has 2 rings (SSSR count). The number of aromatic nitrogens is 2. The lowest BCUT2D eigenvalue weighted by molar-refractivity contribution is -0.132. The zero-order chi connectivity index (χ0) is 15.2. The molecule has 1 fully saturated rings. The van der Waals surface area contributed by atoms with Gasteiger partial charge in [0.05, 0.1) is 0 Å². The Hall–Kier alpha value is -1.92. The van der Waals surface area contributed by atoms with E-state index in [1.165, 1.54) is 0 Å². The number of aryl methyl sites for hydroxylation is 2. The van der Waals surface area contributed by atoms with E-state index in [-0.39, 0.29) is 11.8 Å². The standard InChI is InChI=1S/C14H22N4O3/c1-11-15-13(21-16-11)5-3-6-14(20)18-8-4-7-17(9-10-18)12(2)19/h3-10H2,1-2H3. The minimum absolute atomic E-state index is 0.0797. The molecule has 0 radical (unpaired) electrons. The number of rotatable bonds is 4. The molecule has 1 saturated heterocycles. The molecule has 1 aromatic rings. The summed E-state index contributed by atoms with van der Waals surface area (Å²) in [5.41, 5.74) is 0. The van der Waals surface area contributed by atoms with E-state index in [9.17, 15) is 9.59 Å². The molecule has 2 heterocycles. The van der Waals surface area contributed by atoms with Gasteiger partial charge in [-0.15, -0.1) is 0 Å². The van der Waals surface area contributed by atoms with Crippen molar-refractivity contribution in [1.82, 2.24) is 19.9 Å². The van der Waals surface area contributed by atoms with Crippen molar-refractivity contribution in [3.63, 3.8) is 0 Å². The third-order valence-corrected chi connectivity index (χ3v) is 3.64. The van der Waals surface area contributed by atoms with E-state index in [1.54, 1.807) is 18.7 Å². The van der Waals surface area contributed by atoms with Crippen LogP contribution < -0.4 is 0 Å². The average molecular weight is 294 g/mol. The number of nitrogens with zero attached hydrogens (tertiary/aromatic N) is 4. The molecule has 1 aromatic heterocycles. The van der Waals surface area contributed by atoms with E-state index in [0.29, 0.717) is 44.1 Å². The van der Waals surface area contributed by atoms with Gasteiger partial charge < -0.3 is 14.3 Å². The summed E-state index contributed by atoms with van der Waals surface area (Å²) in [6.45, 7) is 6.06. The molecule has 7 heteroatoms. The lowest BCUT2D eigenvalue weighted by atomic mass is 10.2. The van der Waals surface area contributed by atoms with Gasteiger partial charge in [0.1, 0.15) is 0 Å². The molecule has 0 aromatic carbocycles. The summed E-state index contributed by atoms with van der Waals surface area (Å²) in [4.78, 5) is 31.3. The Morgan fingerprint density at radius 1 is 1.19 bits per heavy atom. The van der Waals surface area contributed by atoms with Gasteiger partial charge in [-0.1, -0.05) is 5.16 Å². The average Bonchev–Trinajstić information content (AvgIpc) is 2.72. The molecule has 7 nitrogen and oxygen atoms in total. The normalized spacial score (nSPS) is 15.9. The Balaban J connectivity index is 1.74. The molecule has 0 atom stereocenters. The number of carbonyl (C=O) groups is 2. The first-order valence-corrected chi connectivity index (χ1v) is 7.38. The SMILES string of the molecule is CC(=O)N1CCCN(C(=O)CCCc2nc(C)no2)CC1. The minimum Gasteiger partial charge on any atom is -0.341 e. The van der Waals surface area contributed by atoms with Crippen LogP contribution in [0.4, 0.5) is 0 Å². The summed E-state index contributed by atoms with van der Waals surface area (Å²) < 4.78 is 5.02. The Morgan fingerprint density at radius 3 is 2.57 bits per heavy atom. The third-order valence-electron chi connectivity index (χ3n) is 3.64. The van der Waals surface area contributed by atoms with Crippen LogP contribution in [0.5, 0.6) is 0 Å². The quantitative estimate of drug-likeness (QED) is 0.820. The molecule has 0 spiro atoms. The van der Waals surface area contributed by atoms with Gasteiger partial charge >= 0.3 is 0 Å². The van der Waals surface area contributed by atoms with Crippen molar-refractivity contribution in [2.24, 2.45) is 0 Å². The van der Waals surface area contributed by atoms with E-state index in [1.807, 2.05) is 4.90 Å². The van der Waals surface area contributed by atoms with E-state index in [2.05, 4.69) is 10.1 Å². The van der Waals surface area contributed by atoms with Crippen molar-refractivity contribution < 1.29 is 14.1 Å². The van der Waals surface area contributed by atoms with Gasteiger partial charge in [-0.05, 0) is 19.8 Å². The molecule has 0 N–H and O–H groups in total. The lowest BCUT2D eigenvalue weighted by Gasteiger charge is -2.21. The van der Waals surface area contributed by atoms with Gasteiger partial charge in [-0.2, -0.15) is 4.98 Å². The van der Waals surface area contributed by atoms with Crippen LogP contribution >= 0.6 is 0 Å². The molecule has 21 heavy (non-hydrogen) atoms. The van der Waals surface area contributed by atoms with Crippen molar-refractivity contribution in [3.05, 3.63) is 11.7 Å². The van der Waals surface area contributed by atoms with Crippen molar-refractivity contribution in [1.29, 1.82) is 0 Å². The number of carbonyl (C=O) groups excluding carboxylic acids is 2. The first-order valence-electron chi connectivity index (χ1n) is 7.38. The van der Waals surface area contributed by atoms with Crippen LogP contribution in [-0.4, -0.2) is 57.9 Å². The second-order valence-electron chi connectivity index (χ2n) is 5.33. The van der Waals surface area contributed by atoms with Gasteiger partial charge in [0.15, 0.2) is 5.82 Å². The number of amides is 2. The van der Waals surface area contributed by atoms with Crippen LogP contribution in [0, 0.1) is 6.92 Å². The van der Waals surface area contributed by atoms with Crippen LogP contribution in [0.25, 0.3) is 0 Å². The van der Waals surface area contributed by atoms with E-state index in [0.717, 1.165) is 19.5 Å². The van der Waals surface area contributed by atoms with E-state index >= 15 is 0 Å². The van der Waals surface area contributed by atoms with Crippen molar-refractivity contribution in [3.8, 4) is 0 Å². The van der Waals surface area contributed by atoms with Crippen molar-refractivity contribution in [2.75, 3.05) is 26.2 Å². The number of hydrogen-bond donors (Lipinski definition) is 0. The summed E-state index contributed by atoms with van der Waals surface area (Å²) in [7, 11) is 0. The highest BCUT2D eigenvalue weighted by Gasteiger charge is 2.20. The third kappa shape index (κ3) is 4.54. The first-order chi connectivity index (χ1) is 10.1. The molecule has 0 bridgehead atoms. The van der Waals surface area contributed by atoms with Crippen LogP contribution in [0.15, 0.2) is 4.52 Å². The van der Waals surface area contributed by atoms with Crippen LogP contribution in [0.1, 0.15) is 37.9 Å². The predicted octanol–water partition coefficient (Wildman–Crippen LogP) is 0.782. The molecule has 0 aliphatic carbocycles. The van der Waals surface area contributed by atoms with Gasteiger partial charge in [-0.25, -0.2) is 0 Å². The Kier molecular flexibility index (Phi) is 5.30. The van der Waals surface area contributed by atoms with Gasteiger partial charge in [0.2, 0.25) is 17.7 Å². The number of hydrogen-bond acceptors (Lipinski definition) is 5. The molecule has 116 valence electrons. The fraction of sp³-hybridized carbons (Fsp3) is 0.714. The van der Waals surface area contributed by atoms with Crippen molar-refractivity contribution >= 4 is 11.8 Å². The monoisotopic (exact) mass is 294 g/mol. The van der Waals surface area contributed by atoms with Crippen LogP contribution in [0.2, 0.25) is 0 Å². The fourth-order valence-corrected chi connectivity index (χ4v) is 2.47. The Labute approximate surface area is 124 Å². The molecule has 1 aliphatic heterocycles. The summed E-state index contributed by atoms with van der Waals surface area (Å²) >= 11 is 0.